The second kappa shape index (κ2) is 6.73. The molecule has 1 aliphatic rings. The molecule has 0 heterocycles. The highest BCUT2D eigenvalue weighted by Crippen LogP contribution is 2.42. The lowest BCUT2D eigenvalue weighted by molar-refractivity contribution is 0.0696. The van der Waals surface area contributed by atoms with E-state index in [4.69, 9.17) is 0 Å². The molecule has 1 N–H and O–H groups in total. The van der Waals surface area contributed by atoms with Gasteiger partial charge in [0.25, 0.3) is 0 Å². The lowest BCUT2D eigenvalue weighted by Crippen LogP contribution is -2.31. The third kappa shape index (κ3) is 2.80. The highest BCUT2D eigenvalue weighted by atomic mass is 16.4. The van der Waals surface area contributed by atoms with Crippen molar-refractivity contribution in [3.05, 3.63) is 119 Å². The van der Waals surface area contributed by atoms with Crippen LogP contribution in [0.3, 0.4) is 0 Å². The van der Waals surface area contributed by atoms with Crippen LogP contribution in [0, 0.1) is 0 Å². The summed E-state index contributed by atoms with van der Waals surface area (Å²) in [6.45, 7) is 3.76. The molecule has 0 bridgehead atoms. The van der Waals surface area contributed by atoms with E-state index in [0.717, 1.165) is 11.1 Å². The van der Waals surface area contributed by atoms with E-state index in [1.165, 1.54) is 11.1 Å². The van der Waals surface area contributed by atoms with Crippen LogP contribution in [0.1, 0.15) is 38.2 Å². The summed E-state index contributed by atoms with van der Waals surface area (Å²) in [4.78, 5) is 11.9. The van der Waals surface area contributed by atoms with Crippen LogP contribution < -0.4 is 0 Å². The van der Waals surface area contributed by atoms with Crippen LogP contribution in [0.5, 0.6) is 0 Å². The van der Waals surface area contributed by atoms with E-state index in [2.05, 4.69) is 36.9 Å². The molecule has 0 amide bonds. The second-order valence-corrected chi connectivity index (χ2v) is 6.83. The number of benzene rings is 3. The molecule has 3 aromatic rings. The summed E-state index contributed by atoms with van der Waals surface area (Å²) in [5.74, 6) is -0.918. The van der Waals surface area contributed by atoms with E-state index >= 15 is 0 Å². The van der Waals surface area contributed by atoms with Crippen molar-refractivity contribution in [3.8, 4) is 0 Å². The van der Waals surface area contributed by atoms with Gasteiger partial charge in [-0.25, -0.2) is 4.79 Å². The van der Waals surface area contributed by atoms with Crippen LogP contribution >= 0.6 is 0 Å². The monoisotopic (exact) mass is 352 g/mol. The van der Waals surface area contributed by atoms with E-state index in [9.17, 15) is 9.90 Å². The molecule has 0 fully saturated rings. The van der Waals surface area contributed by atoms with Gasteiger partial charge in [0, 0.05) is 5.41 Å². The van der Waals surface area contributed by atoms with Gasteiger partial charge in [0.2, 0.25) is 0 Å². The highest BCUT2D eigenvalue weighted by Gasteiger charge is 2.35. The quantitative estimate of drug-likeness (QED) is 0.665. The number of hydrogen-bond donors (Lipinski definition) is 1. The molecule has 0 saturated heterocycles. The number of carbonyl (C=O) groups is 1. The number of fused-ring (bicyclic) bond motifs is 1. The van der Waals surface area contributed by atoms with Crippen LogP contribution in [-0.2, 0) is 11.8 Å². The topological polar surface area (TPSA) is 37.3 Å². The van der Waals surface area contributed by atoms with Crippen molar-refractivity contribution in [2.24, 2.45) is 0 Å². The summed E-state index contributed by atoms with van der Waals surface area (Å²) in [6.07, 6.45) is 6.44. The van der Waals surface area contributed by atoms with Gasteiger partial charge < -0.3 is 5.11 Å². The predicted molar refractivity (Wildman–Crippen MR) is 110 cm³/mol. The minimum absolute atomic E-state index is 0.318. The van der Waals surface area contributed by atoms with Gasteiger partial charge in [-0.2, -0.15) is 0 Å². The van der Waals surface area contributed by atoms with Gasteiger partial charge in [-0.15, -0.1) is 0 Å². The number of rotatable bonds is 4. The maximum atomic E-state index is 11.9. The summed E-state index contributed by atoms with van der Waals surface area (Å²) >= 11 is 0. The van der Waals surface area contributed by atoms with Crippen LogP contribution in [0.25, 0.3) is 12.2 Å². The minimum Gasteiger partial charge on any atom is -0.478 e. The van der Waals surface area contributed by atoms with E-state index in [0.29, 0.717) is 17.5 Å². The maximum Gasteiger partial charge on any atom is 0.336 e. The average molecular weight is 352 g/mol. The lowest BCUT2D eigenvalue weighted by Gasteiger charge is -2.36. The van der Waals surface area contributed by atoms with Crippen molar-refractivity contribution in [2.45, 2.75) is 11.8 Å². The third-order valence-electron chi connectivity index (χ3n) is 5.38. The fourth-order valence-electron chi connectivity index (χ4n) is 4.05. The maximum absolute atomic E-state index is 11.9. The smallest absolute Gasteiger partial charge is 0.336 e. The second-order valence-electron chi connectivity index (χ2n) is 6.83. The molecule has 132 valence electrons. The van der Waals surface area contributed by atoms with Gasteiger partial charge in [0.1, 0.15) is 0 Å². The van der Waals surface area contributed by atoms with Gasteiger partial charge >= 0.3 is 5.97 Å². The molecule has 1 aliphatic carbocycles. The molecule has 27 heavy (non-hydrogen) atoms. The summed E-state index contributed by atoms with van der Waals surface area (Å²) in [6, 6.07) is 24.7. The zero-order valence-corrected chi connectivity index (χ0v) is 14.9. The molecule has 0 aliphatic heterocycles. The Morgan fingerprint density at radius 3 is 2.04 bits per heavy atom. The van der Waals surface area contributed by atoms with Crippen molar-refractivity contribution >= 4 is 18.1 Å². The SMILES string of the molecule is C=Cc1ccc2c(c1C(=O)O)C=CC(c1ccccc1)(c1ccccc1)C2. The summed E-state index contributed by atoms with van der Waals surface area (Å²) in [5, 5.41) is 9.74. The zero-order chi connectivity index (χ0) is 18.9. The van der Waals surface area contributed by atoms with E-state index in [-0.39, 0.29) is 5.41 Å². The van der Waals surface area contributed by atoms with Gasteiger partial charge in [0.05, 0.1) is 5.56 Å². The Hall–Kier alpha value is -3.39. The van der Waals surface area contributed by atoms with Crippen LogP contribution in [0.2, 0.25) is 0 Å². The number of carboxylic acid groups (broad SMARTS) is 1. The van der Waals surface area contributed by atoms with Gasteiger partial charge in [-0.1, -0.05) is 97.6 Å². The number of hydrogen-bond acceptors (Lipinski definition) is 1. The normalized spacial score (nSPS) is 14.4. The Labute approximate surface area is 159 Å². The van der Waals surface area contributed by atoms with Crippen molar-refractivity contribution in [1.29, 1.82) is 0 Å². The number of aromatic carboxylic acids is 1. The molecule has 4 rings (SSSR count). The molecule has 0 unspecified atom stereocenters. The third-order valence-corrected chi connectivity index (χ3v) is 5.38. The lowest BCUT2D eigenvalue weighted by atomic mass is 9.67. The Balaban J connectivity index is 1.95. The summed E-state index contributed by atoms with van der Waals surface area (Å²) in [5.41, 5.74) is 4.87. The molecule has 0 spiro atoms. The minimum atomic E-state index is -0.918. The van der Waals surface area contributed by atoms with Crippen LogP contribution in [-0.4, -0.2) is 11.1 Å². The van der Waals surface area contributed by atoms with Gasteiger partial charge in [-0.3, -0.25) is 0 Å². The molecule has 0 aromatic heterocycles. The van der Waals surface area contributed by atoms with Crippen LogP contribution in [0.15, 0.2) is 85.5 Å². The standard InChI is InChI=1S/C25H20O2/c1-2-18-13-14-19-17-25(20-9-5-3-6-10-20,21-11-7-4-8-12-21)16-15-22(19)23(18)24(26)27/h2-16H,1,17H2,(H,26,27). The molecular formula is C25H20O2. The number of carboxylic acids is 1. The Kier molecular flexibility index (Phi) is 4.25. The molecular weight excluding hydrogens is 332 g/mol. The highest BCUT2D eigenvalue weighted by molar-refractivity contribution is 5.97. The molecule has 2 nitrogen and oxygen atoms in total. The fraction of sp³-hybridized carbons (Fsp3) is 0.0800. The molecule has 2 heteroatoms. The molecule has 0 radical (unpaired) electrons. The van der Waals surface area contributed by atoms with E-state index in [1.807, 2.05) is 54.6 Å². The first-order valence-corrected chi connectivity index (χ1v) is 8.97. The van der Waals surface area contributed by atoms with Crippen molar-refractivity contribution in [3.63, 3.8) is 0 Å². The first-order valence-electron chi connectivity index (χ1n) is 8.97. The Morgan fingerprint density at radius 2 is 1.52 bits per heavy atom. The molecule has 0 saturated carbocycles. The van der Waals surface area contributed by atoms with Gasteiger partial charge in [0.15, 0.2) is 0 Å². The first kappa shape index (κ1) is 17.0. The molecule has 0 atom stereocenters. The number of allylic oxidation sites excluding steroid dienone is 1. The van der Waals surface area contributed by atoms with E-state index in [1.54, 1.807) is 6.08 Å². The Morgan fingerprint density at radius 1 is 0.926 bits per heavy atom. The summed E-state index contributed by atoms with van der Waals surface area (Å²) in [7, 11) is 0. The van der Waals surface area contributed by atoms with E-state index < -0.39 is 5.97 Å². The van der Waals surface area contributed by atoms with Crippen molar-refractivity contribution < 1.29 is 9.90 Å². The zero-order valence-electron chi connectivity index (χ0n) is 14.9. The molecule has 3 aromatic carbocycles. The van der Waals surface area contributed by atoms with Crippen molar-refractivity contribution in [2.75, 3.05) is 0 Å². The van der Waals surface area contributed by atoms with Crippen molar-refractivity contribution in [1.82, 2.24) is 0 Å². The first-order chi connectivity index (χ1) is 13.2. The van der Waals surface area contributed by atoms with Crippen LogP contribution in [0.4, 0.5) is 0 Å². The largest absolute Gasteiger partial charge is 0.478 e. The summed E-state index contributed by atoms with van der Waals surface area (Å²) < 4.78 is 0. The van der Waals surface area contributed by atoms with Gasteiger partial charge in [-0.05, 0) is 34.2 Å². The fourth-order valence-corrected chi connectivity index (χ4v) is 4.05. The average Bonchev–Trinajstić information content (AvgIpc) is 2.73. The Bertz CT molecular complexity index is 991. The predicted octanol–water partition coefficient (Wildman–Crippen LogP) is 5.58.